The second-order valence-corrected chi connectivity index (χ2v) is 7.16. The van der Waals surface area contributed by atoms with Gasteiger partial charge < -0.3 is 5.32 Å². The average molecular weight is 357 g/mol. The molecule has 2 rings (SSSR count). The molecule has 1 aliphatic rings. The maximum absolute atomic E-state index is 13.8. The van der Waals surface area contributed by atoms with E-state index >= 15 is 0 Å². The summed E-state index contributed by atoms with van der Waals surface area (Å²) in [6.07, 6.45) is 1.97. The van der Waals surface area contributed by atoms with Crippen molar-refractivity contribution in [3.8, 4) is 0 Å². The fourth-order valence-electron chi connectivity index (χ4n) is 2.40. The fourth-order valence-corrected chi connectivity index (χ4v) is 4.04. The maximum Gasteiger partial charge on any atom is 0.243 e. The lowest BCUT2D eigenvalue weighted by molar-refractivity contribution is 0.320. The molecule has 120 valence electrons. The molecule has 0 amide bonds. The van der Waals surface area contributed by atoms with E-state index in [1.54, 1.807) is 6.92 Å². The van der Waals surface area contributed by atoms with Crippen molar-refractivity contribution in [3.05, 3.63) is 29.0 Å². The minimum Gasteiger partial charge on any atom is -0.316 e. The van der Waals surface area contributed by atoms with Gasteiger partial charge in [-0.1, -0.05) is 17.7 Å². The van der Waals surface area contributed by atoms with E-state index in [0.29, 0.717) is 0 Å². The van der Waals surface area contributed by atoms with E-state index in [1.165, 1.54) is 18.2 Å². The number of rotatable bonds is 4. The quantitative estimate of drug-likeness (QED) is 0.871. The lowest BCUT2D eigenvalue weighted by Crippen LogP contribution is -2.44. The molecular weight excluding hydrogens is 338 g/mol. The smallest absolute Gasteiger partial charge is 0.243 e. The summed E-state index contributed by atoms with van der Waals surface area (Å²) in [4.78, 5) is -0.402. The second-order valence-electron chi connectivity index (χ2n) is 5.07. The van der Waals surface area contributed by atoms with Gasteiger partial charge in [0, 0.05) is 6.04 Å². The molecule has 1 aromatic carbocycles. The molecular formula is C13H19Cl2FN2O2S. The van der Waals surface area contributed by atoms with E-state index in [0.717, 1.165) is 25.9 Å². The van der Waals surface area contributed by atoms with Crippen molar-refractivity contribution >= 4 is 34.0 Å². The van der Waals surface area contributed by atoms with E-state index in [1.807, 2.05) is 0 Å². The third-order valence-electron chi connectivity index (χ3n) is 3.59. The topological polar surface area (TPSA) is 58.2 Å². The molecule has 2 N–H and O–H groups in total. The first-order valence-electron chi connectivity index (χ1n) is 6.59. The van der Waals surface area contributed by atoms with Gasteiger partial charge in [0.2, 0.25) is 10.0 Å². The molecule has 0 saturated carbocycles. The minimum atomic E-state index is -3.90. The molecule has 1 fully saturated rings. The van der Waals surface area contributed by atoms with Gasteiger partial charge in [0.05, 0.1) is 5.02 Å². The Morgan fingerprint density at radius 3 is 2.81 bits per heavy atom. The normalized spacial score (nSPS) is 20.6. The molecule has 0 spiro atoms. The zero-order valence-corrected chi connectivity index (χ0v) is 14.0. The van der Waals surface area contributed by atoms with Crippen LogP contribution in [0.15, 0.2) is 23.1 Å². The largest absolute Gasteiger partial charge is 0.316 e. The molecule has 4 nitrogen and oxygen atoms in total. The summed E-state index contributed by atoms with van der Waals surface area (Å²) >= 11 is 5.63. The van der Waals surface area contributed by atoms with Gasteiger partial charge in [0.1, 0.15) is 4.90 Å². The highest BCUT2D eigenvalue weighted by atomic mass is 35.5. The second kappa shape index (κ2) is 7.74. The molecule has 0 radical (unpaired) electrons. The van der Waals surface area contributed by atoms with Gasteiger partial charge in [0.15, 0.2) is 5.82 Å². The van der Waals surface area contributed by atoms with Crippen LogP contribution in [-0.2, 0) is 10.0 Å². The lowest BCUT2D eigenvalue weighted by atomic mass is 9.94. The van der Waals surface area contributed by atoms with E-state index in [4.69, 9.17) is 11.6 Å². The highest BCUT2D eigenvalue weighted by Gasteiger charge is 2.27. The van der Waals surface area contributed by atoms with Crippen molar-refractivity contribution in [2.75, 3.05) is 13.1 Å². The Balaban J connectivity index is 0.00000220. The first-order chi connectivity index (χ1) is 9.42. The zero-order valence-electron chi connectivity index (χ0n) is 11.6. The summed E-state index contributed by atoms with van der Waals surface area (Å²) in [7, 11) is -3.90. The van der Waals surface area contributed by atoms with Crippen molar-refractivity contribution in [3.63, 3.8) is 0 Å². The molecule has 0 aliphatic carbocycles. The van der Waals surface area contributed by atoms with Crippen molar-refractivity contribution in [1.82, 2.24) is 10.0 Å². The van der Waals surface area contributed by atoms with Crippen LogP contribution in [0.5, 0.6) is 0 Å². The Bertz CT molecular complexity index is 578. The first kappa shape index (κ1) is 18.6. The molecule has 1 aliphatic heterocycles. The third kappa shape index (κ3) is 4.53. The summed E-state index contributed by atoms with van der Waals surface area (Å²) in [5.41, 5.74) is 0. The Hall–Kier alpha value is -0.400. The van der Waals surface area contributed by atoms with Gasteiger partial charge in [0.25, 0.3) is 0 Å². The molecule has 21 heavy (non-hydrogen) atoms. The number of sulfonamides is 1. The van der Waals surface area contributed by atoms with Gasteiger partial charge in [-0.2, -0.15) is 0 Å². The first-order valence-corrected chi connectivity index (χ1v) is 8.45. The van der Waals surface area contributed by atoms with Crippen LogP contribution < -0.4 is 10.0 Å². The minimum absolute atomic E-state index is 0. The van der Waals surface area contributed by atoms with Crippen LogP contribution >= 0.6 is 24.0 Å². The summed E-state index contributed by atoms with van der Waals surface area (Å²) in [6.45, 7) is 3.53. The van der Waals surface area contributed by atoms with Gasteiger partial charge in [-0.25, -0.2) is 17.5 Å². The monoisotopic (exact) mass is 356 g/mol. The van der Waals surface area contributed by atoms with Crippen LogP contribution in [0.25, 0.3) is 0 Å². The molecule has 1 saturated heterocycles. The Labute approximate surface area is 135 Å². The van der Waals surface area contributed by atoms with Crippen LogP contribution in [0.1, 0.15) is 19.8 Å². The molecule has 2 unspecified atom stereocenters. The molecule has 1 heterocycles. The predicted molar refractivity (Wildman–Crippen MR) is 84.0 cm³/mol. The van der Waals surface area contributed by atoms with Crippen molar-refractivity contribution < 1.29 is 12.8 Å². The zero-order chi connectivity index (χ0) is 14.8. The van der Waals surface area contributed by atoms with Crippen molar-refractivity contribution in [1.29, 1.82) is 0 Å². The Morgan fingerprint density at radius 1 is 1.48 bits per heavy atom. The standard InChI is InChI=1S/C13H18ClFN2O2S.ClH/c1-9(10-4-3-7-16-8-10)17-20(18,19)12-6-2-5-11(14)13(12)15;/h2,5-6,9-10,16-17H,3-4,7-8H2,1H3;1H. The maximum atomic E-state index is 13.8. The number of hydrogen-bond acceptors (Lipinski definition) is 3. The molecule has 2 atom stereocenters. The van der Waals surface area contributed by atoms with E-state index in [-0.39, 0.29) is 29.4 Å². The number of halogens is 3. The SMILES string of the molecule is CC(NS(=O)(=O)c1cccc(Cl)c1F)C1CCCNC1.Cl. The number of benzene rings is 1. The van der Waals surface area contributed by atoms with Gasteiger partial charge in [-0.15, -0.1) is 12.4 Å². The number of piperidine rings is 1. The van der Waals surface area contributed by atoms with E-state index < -0.39 is 20.7 Å². The Kier molecular flexibility index (Phi) is 6.87. The van der Waals surface area contributed by atoms with Crippen LogP contribution in [0.2, 0.25) is 5.02 Å². The lowest BCUT2D eigenvalue weighted by Gasteiger charge is -2.28. The van der Waals surface area contributed by atoms with Gasteiger partial charge in [-0.3, -0.25) is 0 Å². The summed E-state index contributed by atoms with van der Waals surface area (Å²) in [5, 5.41) is 3.04. The highest BCUT2D eigenvalue weighted by Crippen LogP contribution is 2.23. The van der Waals surface area contributed by atoms with E-state index in [9.17, 15) is 12.8 Å². The van der Waals surface area contributed by atoms with E-state index in [2.05, 4.69) is 10.0 Å². The van der Waals surface area contributed by atoms with Crippen LogP contribution in [0.3, 0.4) is 0 Å². The summed E-state index contributed by atoms with van der Waals surface area (Å²) < 4.78 is 40.8. The number of nitrogens with one attached hydrogen (secondary N) is 2. The molecule has 1 aromatic rings. The summed E-state index contributed by atoms with van der Waals surface area (Å²) in [5.74, 6) is -0.698. The fraction of sp³-hybridized carbons (Fsp3) is 0.538. The molecule has 8 heteroatoms. The Morgan fingerprint density at radius 2 is 2.19 bits per heavy atom. The van der Waals surface area contributed by atoms with Crippen LogP contribution in [0.4, 0.5) is 4.39 Å². The van der Waals surface area contributed by atoms with Crippen molar-refractivity contribution in [2.24, 2.45) is 5.92 Å². The van der Waals surface area contributed by atoms with Gasteiger partial charge in [-0.05, 0) is 50.9 Å². The summed E-state index contributed by atoms with van der Waals surface area (Å²) in [6, 6.07) is 3.71. The highest BCUT2D eigenvalue weighted by molar-refractivity contribution is 7.89. The van der Waals surface area contributed by atoms with Gasteiger partial charge >= 0.3 is 0 Å². The molecule has 0 aromatic heterocycles. The van der Waals surface area contributed by atoms with Crippen molar-refractivity contribution in [2.45, 2.75) is 30.7 Å². The molecule has 0 bridgehead atoms. The van der Waals surface area contributed by atoms with Crippen LogP contribution in [0, 0.1) is 11.7 Å². The third-order valence-corrected chi connectivity index (χ3v) is 5.46. The van der Waals surface area contributed by atoms with Crippen LogP contribution in [-0.4, -0.2) is 27.5 Å². The average Bonchev–Trinajstić information content (AvgIpc) is 2.42. The number of hydrogen-bond donors (Lipinski definition) is 2. The predicted octanol–water partition coefficient (Wildman–Crippen LogP) is 2.57.